The first-order chi connectivity index (χ1) is 16.9. The molecule has 178 valence electrons. The number of hydrogen-bond acceptors (Lipinski definition) is 7. The van der Waals surface area contributed by atoms with Gasteiger partial charge < -0.3 is 14.4 Å². The highest BCUT2D eigenvalue weighted by Crippen LogP contribution is 2.29. The second kappa shape index (κ2) is 10.2. The molecule has 2 aromatic carbocycles. The van der Waals surface area contributed by atoms with Crippen LogP contribution in [-0.2, 0) is 20.9 Å². The third-order valence-corrected chi connectivity index (χ3v) is 5.53. The Morgan fingerprint density at radius 1 is 1.03 bits per heavy atom. The first-order valence-corrected chi connectivity index (χ1v) is 10.9. The van der Waals surface area contributed by atoms with E-state index in [0.717, 1.165) is 10.5 Å². The summed E-state index contributed by atoms with van der Waals surface area (Å²) in [5.74, 6) is -0.926. The van der Waals surface area contributed by atoms with E-state index in [1.54, 1.807) is 48.8 Å². The third kappa shape index (κ3) is 5.19. The van der Waals surface area contributed by atoms with Gasteiger partial charge in [-0.3, -0.25) is 24.2 Å². The molecule has 0 radical (unpaired) electrons. The second-order valence-corrected chi connectivity index (χ2v) is 7.90. The molecular formula is C26H23N3O6. The molecule has 1 unspecified atom stereocenters. The molecule has 1 fully saturated rings. The van der Waals surface area contributed by atoms with Crippen molar-refractivity contribution in [2.45, 2.75) is 25.9 Å². The first-order valence-electron chi connectivity index (χ1n) is 10.9. The van der Waals surface area contributed by atoms with Gasteiger partial charge in [-0.05, 0) is 60.2 Å². The molecule has 1 aliphatic heterocycles. The molecule has 1 aromatic heterocycles. The minimum absolute atomic E-state index is 0.0988. The zero-order valence-corrected chi connectivity index (χ0v) is 19.2. The number of benzene rings is 2. The highest BCUT2D eigenvalue weighted by Gasteiger charge is 2.44. The topological polar surface area (TPSA) is 106 Å². The lowest BCUT2D eigenvalue weighted by atomic mass is 10.1. The van der Waals surface area contributed by atoms with Gasteiger partial charge in [-0.15, -0.1) is 0 Å². The minimum atomic E-state index is -0.995. The highest BCUT2D eigenvalue weighted by atomic mass is 16.5. The predicted octanol–water partition coefficient (Wildman–Crippen LogP) is 2.99. The maximum atomic E-state index is 13.5. The summed E-state index contributed by atoms with van der Waals surface area (Å²) in [6.45, 7) is 1.38. The van der Waals surface area contributed by atoms with Crippen LogP contribution in [0, 0.1) is 0 Å². The van der Waals surface area contributed by atoms with E-state index in [-0.39, 0.29) is 13.0 Å². The quantitative estimate of drug-likeness (QED) is 0.295. The summed E-state index contributed by atoms with van der Waals surface area (Å²) >= 11 is 0. The Labute approximate surface area is 201 Å². The molecule has 4 rings (SSSR count). The molecule has 2 heterocycles. The number of nitrogens with zero attached hydrogens (tertiary/aromatic N) is 3. The third-order valence-electron chi connectivity index (χ3n) is 5.53. The summed E-state index contributed by atoms with van der Waals surface area (Å²) in [4.78, 5) is 57.6. The van der Waals surface area contributed by atoms with E-state index in [4.69, 9.17) is 9.47 Å². The number of carbonyl (C=O) groups is 4. The molecule has 1 aliphatic rings. The molecule has 0 N–H and O–H groups in total. The SMILES string of the molecule is COc1ccc(C(=O)N(Cc2cccnc2)C2CC(=O)N(c3ccc(OC(C)=O)cc3)C2=O)cc1. The van der Waals surface area contributed by atoms with Gasteiger partial charge >= 0.3 is 5.97 Å². The number of ether oxygens (including phenoxy) is 2. The molecule has 9 nitrogen and oxygen atoms in total. The number of aromatic nitrogens is 1. The summed E-state index contributed by atoms with van der Waals surface area (Å²) in [5.41, 5.74) is 1.41. The van der Waals surface area contributed by atoms with Crippen molar-refractivity contribution in [2.75, 3.05) is 12.0 Å². The van der Waals surface area contributed by atoms with Gasteiger partial charge in [-0.25, -0.2) is 4.90 Å². The highest BCUT2D eigenvalue weighted by molar-refractivity contribution is 6.23. The predicted molar refractivity (Wildman–Crippen MR) is 126 cm³/mol. The van der Waals surface area contributed by atoms with Crippen LogP contribution in [0.25, 0.3) is 0 Å². The van der Waals surface area contributed by atoms with Crippen molar-refractivity contribution < 1.29 is 28.7 Å². The van der Waals surface area contributed by atoms with Crippen molar-refractivity contribution >= 4 is 29.4 Å². The summed E-state index contributed by atoms with van der Waals surface area (Å²) in [7, 11) is 1.53. The molecule has 0 spiro atoms. The van der Waals surface area contributed by atoms with Crippen molar-refractivity contribution in [1.29, 1.82) is 0 Å². The van der Waals surface area contributed by atoms with E-state index in [1.165, 1.54) is 43.2 Å². The molecule has 1 atom stereocenters. The van der Waals surface area contributed by atoms with Crippen LogP contribution in [0.15, 0.2) is 73.1 Å². The monoisotopic (exact) mass is 473 g/mol. The molecule has 0 aliphatic carbocycles. The van der Waals surface area contributed by atoms with E-state index in [1.807, 2.05) is 0 Å². The number of esters is 1. The fourth-order valence-corrected chi connectivity index (χ4v) is 3.87. The van der Waals surface area contributed by atoms with Gasteiger partial charge in [0.25, 0.3) is 11.8 Å². The normalized spacial score (nSPS) is 15.1. The van der Waals surface area contributed by atoms with Gasteiger partial charge in [0.15, 0.2) is 0 Å². The van der Waals surface area contributed by atoms with E-state index in [0.29, 0.717) is 22.7 Å². The van der Waals surface area contributed by atoms with Crippen LogP contribution >= 0.6 is 0 Å². The first kappa shape index (κ1) is 23.6. The van der Waals surface area contributed by atoms with E-state index in [2.05, 4.69) is 4.98 Å². The average Bonchev–Trinajstić information content (AvgIpc) is 3.16. The van der Waals surface area contributed by atoms with Crippen LogP contribution < -0.4 is 14.4 Å². The standard InChI is InChI=1S/C26H23N3O6/c1-17(30)35-22-11-7-20(8-12-22)29-24(31)14-23(26(29)33)28(16-18-4-3-13-27-15-18)25(32)19-5-9-21(34-2)10-6-19/h3-13,15,23H,14,16H2,1-2H3. The number of amides is 3. The Bertz CT molecular complexity index is 1240. The Morgan fingerprint density at radius 3 is 2.31 bits per heavy atom. The molecule has 0 saturated carbocycles. The smallest absolute Gasteiger partial charge is 0.308 e. The Kier molecular flexibility index (Phi) is 6.86. The lowest BCUT2D eigenvalue weighted by molar-refractivity contribution is -0.132. The second-order valence-electron chi connectivity index (χ2n) is 7.90. The molecule has 9 heteroatoms. The van der Waals surface area contributed by atoms with Crippen molar-refractivity contribution in [1.82, 2.24) is 9.88 Å². The van der Waals surface area contributed by atoms with Crippen LogP contribution in [0.1, 0.15) is 29.3 Å². The largest absolute Gasteiger partial charge is 0.497 e. The number of methoxy groups -OCH3 is 1. The lowest BCUT2D eigenvalue weighted by Gasteiger charge is -2.28. The fraction of sp³-hybridized carbons (Fsp3) is 0.192. The Hall–Kier alpha value is -4.53. The molecule has 3 aromatic rings. The van der Waals surface area contributed by atoms with E-state index in [9.17, 15) is 19.2 Å². The lowest BCUT2D eigenvalue weighted by Crippen LogP contribution is -2.45. The summed E-state index contributed by atoms with van der Waals surface area (Å²) in [6, 6.07) is 15.1. The molecule has 0 bridgehead atoms. The molecule has 1 saturated heterocycles. The Morgan fingerprint density at radius 2 is 1.71 bits per heavy atom. The van der Waals surface area contributed by atoms with Crippen molar-refractivity contribution in [3.05, 3.63) is 84.2 Å². The van der Waals surface area contributed by atoms with Gasteiger partial charge in [-0.1, -0.05) is 6.07 Å². The maximum Gasteiger partial charge on any atom is 0.308 e. The number of hydrogen-bond donors (Lipinski definition) is 0. The van der Waals surface area contributed by atoms with Crippen LogP contribution in [0.5, 0.6) is 11.5 Å². The molecular weight excluding hydrogens is 450 g/mol. The number of imide groups is 1. The van der Waals surface area contributed by atoms with Crippen molar-refractivity contribution in [3.63, 3.8) is 0 Å². The molecule has 3 amide bonds. The number of pyridine rings is 1. The summed E-state index contributed by atoms with van der Waals surface area (Å²) in [5, 5.41) is 0. The van der Waals surface area contributed by atoms with Crippen molar-refractivity contribution in [3.8, 4) is 11.5 Å². The maximum absolute atomic E-state index is 13.5. The minimum Gasteiger partial charge on any atom is -0.497 e. The zero-order chi connectivity index (χ0) is 24.9. The van der Waals surface area contributed by atoms with Crippen LogP contribution in [-0.4, -0.2) is 46.7 Å². The number of anilines is 1. The number of carbonyl (C=O) groups excluding carboxylic acids is 4. The Balaban J connectivity index is 1.63. The molecule has 35 heavy (non-hydrogen) atoms. The van der Waals surface area contributed by atoms with Crippen LogP contribution in [0.2, 0.25) is 0 Å². The average molecular weight is 473 g/mol. The van der Waals surface area contributed by atoms with E-state index < -0.39 is 29.7 Å². The number of rotatable bonds is 7. The van der Waals surface area contributed by atoms with Gasteiger partial charge in [-0.2, -0.15) is 0 Å². The van der Waals surface area contributed by atoms with E-state index >= 15 is 0 Å². The van der Waals surface area contributed by atoms with Crippen molar-refractivity contribution in [2.24, 2.45) is 0 Å². The summed E-state index contributed by atoms with van der Waals surface area (Å²) in [6.07, 6.45) is 3.07. The fourth-order valence-electron chi connectivity index (χ4n) is 3.87. The van der Waals surface area contributed by atoms with Gasteiger partial charge in [0, 0.05) is 31.4 Å². The van der Waals surface area contributed by atoms with Crippen LogP contribution in [0.4, 0.5) is 5.69 Å². The summed E-state index contributed by atoms with van der Waals surface area (Å²) < 4.78 is 10.2. The van der Waals surface area contributed by atoms with Crippen LogP contribution in [0.3, 0.4) is 0 Å². The van der Waals surface area contributed by atoms with Gasteiger partial charge in [0.05, 0.1) is 19.2 Å². The van der Waals surface area contributed by atoms with Gasteiger partial charge in [0.2, 0.25) is 5.91 Å². The zero-order valence-electron chi connectivity index (χ0n) is 19.2. The van der Waals surface area contributed by atoms with Gasteiger partial charge in [0.1, 0.15) is 17.5 Å².